The number of rotatable bonds is 5. The molecule has 0 bridgehead atoms. The molecule has 9 heteroatoms. The number of hydrogen-bond acceptors (Lipinski definition) is 6. The molecule has 2 heterocycles. The minimum Gasteiger partial charge on any atom is -0.497 e. The molecule has 4 rings (SSSR count). The van der Waals surface area contributed by atoms with Gasteiger partial charge in [-0.3, -0.25) is 4.79 Å². The van der Waals surface area contributed by atoms with E-state index in [0.29, 0.717) is 39.4 Å². The number of fused-ring (bicyclic) bond motifs is 1. The third-order valence-electron chi connectivity index (χ3n) is 4.88. The standard InChI is InChI=1S/C21H20ClN5O3/c1-12-18(20(28)26-16-9-8-15(29-2)10-17(16)30-3)19(13-4-6-14(22)7-5-13)27-21(25-12)23-11-24-27/h4-11,19H,1-3H3,(H,26,28)(H,23,24,25)/t19-/m1/s1. The molecule has 2 aromatic carbocycles. The molecule has 1 aliphatic rings. The molecule has 1 aromatic heterocycles. The number of benzene rings is 2. The van der Waals surface area contributed by atoms with Gasteiger partial charge in [-0.15, -0.1) is 0 Å². The molecule has 0 spiro atoms. The number of carbonyl (C=O) groups is 1. The van der Waals surface area contributed by atoms with Gasteiger partial charge in [0.2, 0.25) is 5.95 Å². The van der Waals surface area contributed by atoms with E-state index in [2.05, 4.69) is 20.7 Å². The van der Waals surface area contributed by atoms with E-state index >= 15 is 0 Å². The van der Waals surface area contributed by atoms with Gasteiger partial charge in [0.05, 0.1) is 25.5 Å². The van der Waals surface area contributed by atoms with Crippen molar-refractivity contribution in [3.63, 3.8) is 0 Å². The van der Waals surface area contributed by atoms with Crippen LogP contribution >= 0.6 is 11.6 Å². The first-order valence-electron chi connectivity index (χ1n) is 9.18. The lowest BCUT2D eigenvalue weighted by Gasteiger charge is -2.29. The van der Waals surface area contributed by atoms with Crippen molar-refractivity contribution in [2.75, 3.05) is 24.9 Å². The Labute approximate surface area is 178 Å². The van der Waals surface area contributed by atoms with Crippen LogP contribution in [-0.2, 0) is 4.79 Å². The number of carbonyl (C=O) groups excluding carboxylic acids is 1. The average molecular weight is 426 g/mol. The van der Waals surface area contributed by atoms with Crippen LogP contribution in [0.3, 0.4) is 0 Å². The molecule has 0 fully saturated rings. The third-order valence-corrected chi connectivity index (χ3v) is 5.13. The Morgan fingerprint density at radius 3 is 2.63 bits per heavy atom. The number of allylic oxidation sites excluding steroid dienone is 1. The molecule has 3 aromatic rings. The Morgan fingerprint density at radius 2 is 1.93 bits per heavy atom. The summed E-state index contributed by atoms with van der Waals surface area (Å²) in [4.78, 5) is 17.6. The summed E-state index contributed by atoms with van der Waals surface area (Å²) in [6.45, 7) is 1.83. The summed E-state index contributed by atoms with van der Waals surface area (Å²) < 4.78 is 12.3. The smallest absolute Gasteiger partial charge is 0.255 e. The predicted octanol–water partition coefficient (Wildman–Crippen LogP) is 3.88. The fourth-order valence-corrected chi connectivity index (χ4v) is 3.56. The molecule has 0 saturated heterocycles. The summed E-state index contributed by atoms with van der Waals surface area (Å²) in [7, 11) is 3.11. The molecule has 0 radical (unpaired) electrons. The monoisotopic (exact) mass is 425 g/mol. The lowest BCUT2D eigenvalue weighted by molar-refractivity contribution is -0.113. The van der Waals surface area contributed by atoms with E-state index in [1.165, 1.54) is 13.4 Å². The van der Waals surface area contributed by atoms with E-state index in [-0.39, 0.29) is 5.91 Å². The Bertz CT molecular complexity index is 1120. The Kier molecular flexibility index (Phi) is 5.33. The predicted molar refractivity (Wildman–Crippen MR) is 114 cm³/mol. The number of nitrogens with one attached hydrogen (secondary N) is 2. The highest BCUT2D eigenvalue weighted by Gasteiger charge is 2.33. The fraction of sp³-hybridized carbons (Fsp3) is 0.190. The van der Waals surface area contributed by atoms with Gasteiger partial charge in [0.25, 0.3) is 5.91 Å². The van der Waals surface area contributed by atoms with Crippen LogP contribution in [0.1, 0.15) is 18.5 Å². The summed E-state index contributed by atoms with van der Waals surface area (Å²) >= 11 is 6.06. The Hall–Kier alpha value is -3.52. The van der Waals surface area contributed by atoms with E-state index in [1.54, 1.807) is 42.1 Å². The maximum atomic E-state index is 13.4. The first-order valence-corrected chi connectivity index (χ1v) is 9.55. The van der Waals surface area contributed by atoms with Gasteiger partial charge in [0.15, 0.2) is 0 Å². The molecule has 8 nitrogen and oxygen atoms in total. The lowest BCUT2D eigenvalue weighted by Crippen LogP contribution is -2.31. The first-order chi connectivity index (χ1) is 14.5. The second-order valence-electron chi connectivity index (χ2n) is 6.67. The van der Waals surface area contributed by atoms with Crippen molar-refractivity contribution in [1.82, 2.24) is 14.8 Å². The summed E-state index contributed by atoms with van der Waals surface area (Å²) in [6, 6.07) is 12.0. The van der Waals surface area contributed by atoms with E-state index < -0.39 is 6.04 Å². The molecule has 30 heavy (non-hydrogen) atoms. The maximum absolute atomic E-state index is 13.4. The molecule has 0 unspecified atom stereocenters. The van der Waals surface area contributed by atoms with Gasteiger partial charge in [-0.2, -0.15) is 10.1 Å². The van der Waals surface area contributed by atoms with Crippen molar-refractivity contribution >= 4 is 29.1 Å². The average Bonchev–Trinajstić information content (AvgIpc) is 3.21. The molecular weight excluding hydrogens is 406 g/mol. The van der Waals surface area contributed by atoms with Crippen LogP contribution in [0.15, 0.2) is 60.1 Å². The van der Waals surface area contributed by atoms with Gasteiger partial charge in [0, 0.05) is 16.8 Å². The van der Waals surface area contributed by atoms with Gasteiger partial charge in [-0.1, -0.05) is 23.7 Å². The number of halogens is 1. The number of anilines is 2. The number of methoxy groups -OCH3 is 2. The van der Waals surface area contributed by atoms with E-state index in [1.807, 2.05) is 19.1 Å². The van der Waals surface area contributed by atoms with E-state index in [9.17, 15) is 4.79 Å². The van der Waals surface area contributed by atoms with Crippen LogP contribution in [0, 0.1) is 0 Å². The minimum atomic E-state index is -0.467. The highest BCUT2D eigenvalue weighted by atomic mass is 35.5. The number of nitrogens with zero attached hydrogens (tertiary/aromatic N) is 3. The molecule has 154 valence electrons. The van der Waals surface area contributed by atoms with Gasteiger partial charge in [-0.25, -0.2) is 4.68 Å². The molecular formula is C21H20ClN5O3. The van der Waals surface area contributed by atoms with Crippen LogP contribution in [0.25, 0.3) is 0 Å². The zero-order chi connectivity index (χ0) is 21.3. The molecule has 0 saturated carbocycles. The molecule has 1 atom stereocenters. The zero-order valence-corrected chi connectivity index (χ0v) is 17.4. The SMILES string of the molecule is COc1ccc(NC(=O)C2=C(C)Nc3ncnn3[C@@H]2c2ccc(Cl)cc2)c(OC)c1. The van der Waals surface area contributed by atoms with E-state index in [0.717, 1.165) is 5.56 Å². The van der Waals surface area contributed by atoms with Crippen molar-refractivity contribution in [3.05, 3.63) is 70.6 Å². The van der Waals surface area contributed by atoms with Crippen LogP contribution in [0.4, 0.5) is 11.6 Å². The summed E-state index contributed by atoms with van der Waals surface area (Å²) in [5.41, 5.74) is 2.58. The van der Waals surface area contributed by atoms with Crippen LogP contribution in [-0.4, -0.2) is 34.9 Å². The van der Waals surface area contributed by atoms with Gasteiger partial charge in [0.1, 0.15) is 23.9 Å². The number of amides is 1. The summed E-state index contributed by atoms with van der Waals surface area (Å²) in [5.74, 6) is 1.40. The first kappa shape index (κ1) is 19.8. The quantitative estimate of drug-likeness (QED) is 0.644. The number of aromatic nitrogens is 3. The van der Waals surface area contributed by atoms with E-state index in [4.69, 9.17) is 21.1 Å². The van der Waals surface area contributed by atoms with Crippen molar-refractivity contribution in [2.24, 2.45) is 0 Å². The largest absolute Gasteiger partial charge is 0.497 e. The number of ether oxygens (including phenoxy) is 2. The maximum Gasteiger partial charge on any atom is 0.255 e. The van der Waals surface area contributed by atoms with Crippen molar-refractivity contribution in [3.8, 4) is 11.5 Å². The third kappa shape index (κ3) is 3.57. The van der Waals surface area contributed by atoms with Crippen LogP contribution < -0.4 is 20.1 Å². The van der Waals surface area contributed by atoms with Gasteiger partial charge in [-0.05, 0) is 36.8 Å². The van der Waals surface area contributed by atoms with Crippen molar-refractivity contribution in [2.45, 2.75) is 13.0 Å². The van der Waals surface area contributed by atoms with Gasteiger partial charge >= 0.3 is 0 Å². The Morgan fingerprint density at radius 1 is 1.17 bits per heavy atom. The summed E-state index contributed by atoms with van der Waals surface area (Å²) in [5, 5.41) is 11.0. The second kappa shape index (κ2) is 8.08. The topological polar surface area (TPSA) is 90.3 Å². The Balaban J connectivity index is 1.74. The fourth-order valence-electron chi connectivity index (χ4n) is 3.43. The highest BCUT2D eigenvalue weighted by Crippen LogP contribution is 2.36. The van der Waals surface area contributed by atoms with Crippen molar-refractivity contribution < 1.29 is 14.3 Å². The van der Waals surface area contributed by atoms with Crippen molar-refractivity contribution in [1.29, 1.82) is 0 Å². The zero-order valence-electron chi connectivity index (χ0n) is 16.6. The number of hydrogen-bond donors (Lipinski definition) is 2. The highest BCUT2D eigenvalue weighted by molar-refractivity contribution is 6.30. The summed E-state index contributed by atoms with van der Waals surface area (Å²) in [6.07, 6.45) is 1.45. The second-order valence-corrected chi connectivity index (χ2v) is 7.10. The van der Waals surface area contributed by atoms with Crippen LogP contribution in [0.5, 0.6) is 11.5 Å². The normalized spacial score (nSPS) is 15.3. The lowest BCUT2D eigenvalue weighted by atomic mass is 9.95. The molecule has 1 amide bonds. The van der Waals surface area contributed by atoms with Gasteiger partial charge < -0.3 is 20.1 Å². The molecule has 1 aliphatic heterocycles. The van der Waals surface area contributed by atoms with Crippen LogP contribution in [0.2, 0.25) is 5.02 Å². The minimum absolute atomic E-state index is 0.287. The molecule has 2 N–H and O–H groups in total. The molecule has 0 aliphatic carbocycles.